The van der Waals surface area contributed by atoms with Gasteiger partial charge in [0.15, 0.2) is 0 Å². The van der Waals surface area contributed by atoms with Gasteiger partial charge in [-0.2, -0.15) is 0 Å². The first-order valence-electron chi connectivity index (χ1n) is 11.2. The number of rotatable bonds is 6. The summed E-state index contributed by atoms with van der Waals surface area (Å²) in [5, 5.41) is 3.44. The molecule has 1 aliphatic heterocycles. The lowest BCUT2D eigenvalue weighted by Crippen LogP contribution is -2.31. The Bertz CT molecular complexity index is 1380. The summed E-state index contributed by atoms with van der Waals surface area (Å²) in [6.45, 7) is 3.85. The molecule has 0 radical (unpaired) electrons. The smallest absolute Gasteiger partial charge is 0.330 e. The topological polar surface area (TPSA) is 110 Å². The molecule has 9 heteroatoms. The lowest BCUT2D eigenvalue weighted by molar-refractivity contribution is -0.197. The number of benzene rings is 1. The number of hydroxylamine groups is 2. The summed E-state index contributed by atoms with van der Waals surface area (Å²) in [6.07, 6.45) is 2.84. The first kappa shape index (κ1) is 23.7. The van der Waals surface area contributed by atoms with Crippen LogP contribution in [0, 0.1) is 25.7 Å². The number of carbonyl (C=O) groups is 4. The van der Waals surface area contributed by atoms with Gasteiger partial charge >= 0.3 is 5.97 Å². The molecular formula is C26H24N4O5. The third-order valence-electron chi connectivity index (χ3n) is 5.42. The summed E-state index contributed by atoms with van der Waals surface area (Å²) in [6, 6.07) is 10.9. The van der Waals surface area contributed by atoms with Crippen molar-refractivity contribution < 1.29 is 24.0 Å². The second-order valence-electron chi connectivity index (χ2n) is 8.20. The van der Waals surface area contributed by atoms with Gasteiger partial charge in [0.25, 0.3) is 17.7 Å². The summed E-state index contributed by atoms with van der Waals surface area (Å²) in [5.41, 5.74) is 4.24. The van der Waals surface area contributed by atoms with Crippen molar-refractivity contribution in [3.8, 4) is 11.8 Å². The van der Waals surface area contributed by atoms with E-state index in [0.29, 0.717) is 40.4 Å². The van der Waals surface area contributed by atoms with E-state index >= 15 is 0 Å². The Hall–Kier alpha value is -4.45. The number of imide groups is 1. The predicted octanol–water partition coefficient (Wildman–Crippen LogP) is 3.33. The first-order valence-corrected chi connectivity index (χ1v) is 11.2. The number of aromatic nitrogens is 2. The van der Waals surface area contributed by atoms with Crippen LogP contribution in [0.2, 0.25) is 0 Å². The minimum Gasteiger partial charge on any atom is -0.330 e. The summed E-state index contributed by atoms with van der Waals surface area (Å²) in [4.78, 5) is 57.0. The number of carbonyl (C=O) groups excluding carboxylic acids is 4. The number of hydrogen-bond acceptors (Lipinski definition) is 6. The van der Waals surface area contributed by atoms with Gasteiger partial charge < -0.3 is 14.6 Å². The SMILES string of the molecule is Cc1cc(C)n2ccc(C(=O)Nc3cccc(C#CCCCC(=O)ON4C(=O)CCC4=O)c3)c2n1. The molecule has 3 aromatic rings. The van der Waals surface area contributed by atoms with Crippen molar-refractivity contribution in [2.75, 3.05) is 5.32 Å². The molecule has 1 N–H and O–H groups in total. The van der Waals surface area contributed by atoms with E-state index in [1.54, 1.807) is 24.3 Å². The van der Waals surface area contributed by atoms with E-state index in [9.17, 15) is 19.2 Å². The molecular weight excluding hydrogens is 448 g/mol. The molecule has 1 fully saturated rings. The van der Waals surface area contributed by atoms with Crippen LogP contribution in [-0.2, 0) is 19.2 Å². The molecule has 0 atom stereocenters. The number of aryl methyl sites for hydroxylation is 2. The van der Waals surface area contributed by atoms with Gasteiger partial charge in [-0.1, -0.05) is 17.9 Å². The van der Waals surface area contributed by atoms with Gasteiger partial charge in [0, 0.05) is 54.5 Å². The van der Waals surface area contributed by atoms with Gasteiger partial charge in [-0.15, -0.1) is 5.06 Å². The van der Waals surface area contributed by atoms with Crippen molar-refractivity contribution in [2.45, 2.75) is 46.0 Å². The maximum Gasteiger partial charge on any atom is 0.333 e. The third kappa shape index (κ3) is 5.55. The summed E-state index contributed by atoms with van der Waals surface area (Å²) < 4.78 is 1.88. The Kier molecular flexibility index (Phi) is 6.92. The van der Waals surface area contributed by atoms with Gasteiger partial charge in [-0.3, -0.25) is 14.4 Å². The zero-order valence-electron chi connectivity index (χ0n) is 19.5. The van der Waals surface area contributed by atoms with Crippen LogP contribution >= 0.6 is 0 Å². The van der Waals surface area contributed by atoms with Gasteiger partial charge in [-0.05, 0) is 50.6 Å². The van der Waals surface area contributed by atoms with Crippen LogP contribution in [0.4, 0.5) is 5.69 Å². The average Bonchev–Trinajstić information content (AvgIpc) is 3.38. The minimum absolute atomic E-state index is 0.0421. The third-order valence-corrected chi connectivity index (χ3v) is 5.42. The Morgan fingerprint density at radius 1 is 1.11 bits per heavy atom. The second-order valence-corrected chi connectivity index (χ2v) is 8.20. The van der Waals surface area contributed by atoms with E-state index in [1.807, 2.05) is 36.6 Å². The number of unbranched alkanes of at least 4 members (excludes halogenated alkanes) is 1. The van der Waals surface area contributed by atoms with Gasteiger partial charge in [0.1, 0.15) is 5.65 Å². The highest BCUT2D eigenvalue weighted by atomic mass is 16.7. The quantitative estimate of drug-likeness (QED) is 0.335. The minimum atomic E-state index is -0.641. The fraction of sp³-hybridized carbons (Fsp3) is 0.269. The van der Waals surface area contributed by atoms with E-state index in [2.05, 4.69) is 22.1 Å². The number of anilines is 1. The van der Waals surface area contributed by atoms with Crippen molar-refractivity contribution in [2.24, 2.45) is 0 Å². The molecule has 1 aromatic carbocycles. The Labute approximate surface area is 202 Å². The molecule has 0 saturated carbocycles. The molecule has 9 nitrogen and oxygen atoms in total. The molecule has 35 heavy (non-hydrogen) atoms. The van der Waals surface area contributed by atoms with Gasteiger partial charge in [-0.25, -0.2) is 9.78 Å². The lowest BCUT2D eigenvalue weighted by atomic mass is 10.1. The molecule has 178 valence electrons. The molecule has 0 spiro atoms. The molecule has 0 bridgehead atoms. The molecule has 1 aliphatic rings. The number of fused-ring (bicyclic) bond motifs is 1. The van der Waals surface area contributed by atoms with E-state index in [1.165, 1.54) is 0 Å². The van der Waals surface area contributed by atoms with Crippen LogP contribution in [0.25, 0.3) is 5.65 Å². The number of nitrogens with one attached hydrogen (secondary N) is 1. The second kappa shape index (κ2) is 10.2. The van der Waals surface area contributed by atoms with Crippen molar-refractivity contribution in [3.63, 3.8) is 0 Å². The maximum absolute atomic E-state index is 12.9. The molecule has 1 saturated heterocycles. The Morgan fingerprint density at radius 3 is 2.66 bits per heavy atom. The number of nitrogens with zero attached hydrogens (tertiary/aromatic N) is 3. The van der Waals surface area contributed by atoms with Gasteiger partial charge in [0.05, 0.1) is 5.56 Å². The molecule has 3 heterocycles. The van der Waals surface area contributed by atoms with Crippen LogP contribution in [-0.4, -0.2) is 38.1 Å². The standard InChI is InChI=1S/C26H24N4O5/c1-17-15-18(2)29-14-13-21(25(29)27-17)26(34)28-20-9-6-8-19(16-20)7-4-3-5-10-24(33)35-30-22(31)11-12-23(30)32/h6,8-9,13-16H,3,5,10-12H2,1-2H3,(H,28,34). The number of hydrogen-bond donors (Lipinski definition) is 1. The van der Waals surface area contributed by atoms with Crippen LogP contribution in [0.15, 0.2) is 42.6 Å². The van der Waals surface area contributed by atoms with Crippen LogP contribution in [0.1, 0.15) is 59.4 Å². The normalized spacial score (nSPS) is 13.0. The average molecular weight is 473 g/mol. The molecule has 0 unspecified atom stereocenters. The van der Waals surface area contributed by atoms with Crippen LogP contribution in [0.3, 0.4) is 0 Å². The van der Waals surface area contributed by atoms with Crippen molar-refractivity contribution in [3.05, 3.63) is 65.1 Å². The highest BCUT2D eigenvalue weighted by Gasteiger charge is 2.32. The van der Waals surface area contributed by atoms with Crippen LogP contribution < -0.4 is 5.32 Å². The fourth-order valence-corrected chi connectivity index (χ4v) is 3.74. The van der Waals surface area contributed by atoms with Crippen molar-refractivity contribution >= 4 is 35.0 Å². The first-order chi connectivity index (χ1) is 16.8. The lowest BCUT2D eigenvalue weighted by Gasteiger charge is -2.11. The highest BCUT2D eigenvalue weighted by molar-refractivity contribution is 6.08. The van der Waals surface area contributed by atoms with Crippen LogP contribution in [0.5, 0.6) is 0 Å². The van der Waals surface area contributed by atoms with E-state index < -0.39 is 17.8 Å². The Morgan fingerprint density at radius 2 is 1.89 bits per heavy atom. The molecule has 0 aliphatic carbocycles. The van der Waals surface area contributed by atoms with Crippen molar-refractivity contribution in [1.29, 1.82) is 0 Å². The number of amides is 3. The van der Waals surface area contributed by atoms with E-state index in [-0.39, 0.29) is 25.2 Å². The highest BCUT2D eigenvalue weighted by Crippen LogP contribution is 2.17. The largest absolute Gasteiger partial charge is 0.333 e. The molecule has 3 amide bonds. The Balaban J connectivity index is 1.31. The molecule has 2 aromatic heterocycles. The maximum atomic E-state index is 12.9. The van der Waals surface area contributed by atoms with Gasteiger partial charge in [0.2, 0.25) is 0 Å². The zero-order chi connectivity index (χ0) is 24.9. The molecule has 4 rings (SSSR count). The summed E-state index contributed by atoms with van der Waals surface area (Å²) in [7, 11) is 0. The monoisotopic (exact) mass is 472 g/mol. The zero-order valence-corrected chi connectivity index (χ0v) is 19.5. The summed E-state index contributed by atoms with van der Waals surface area (Å²) >= 11 is 0. The van der Waals surface area contributed by atoms with Crippen molar-refractivity contribution in [1.82, 2.24) is 14.4 Å². The van der Waals surface area contributed by atoms with E-state index in [0.717, 1.165) is 11.4 Å². The van der Waals surface area contributed by atoms with E-state index in [4.69, 9.17) is 4.84 Å². The summed E-state index contributed by atoms with van der Waals surface area (Å²) in [5.74, 6) is 4.09. The predicted molar refractivity (Wildman–Crippen MR) is 127 cm³/mol. The fourth-order valence-electron chi connectivity index (χ4n) is 3.74.